The SMILES string of the molecule is O=S(=O)(NCCc1ncn[nH]1)c1ccc(CO)cc1F. The molecule has 0 aliphatic rings. The number of nitrogens with one attached hydrogen (secondary N) is 2. The van der Waals surface area contributed by atoms with Gasteiger partial charge in [-0.15, -0.1) is 0 Å². The second-order valence-corrected chi connectivity index (χ2v) is 5.74. The van der Waals surface area contributed by atoms with E-state index in [-0.39, 0.29) is 13.2 Å². The number of H-pyrrole nitrogens is 1. The molecule has 0 unspecified atom stereocenters. The van der Waals surface area contributed by atoms with Crippen LogP contribution in [-0.2, 0) is 23.1 Å². The maximum atomic E-state index is 13.7. The lowest BCUT2D eigenvalue weighted by Gasteiger charge is -2.07. The van der Waals surface area contributed by atoms with E-state index in [9.17, 15) is 12.8 Å². The molecule has 0 fully saturated rings. The number of aliphatic hydroxyl groups excluding tert-OH is 1. The first kappa shape index (κ1) is 14.6. The summed E-state index contributed by atoms with van der Waals surface area (Å²) in [6, 6.07) is 3.47. The highest BCUT2D eigenvalue weighted by atomic mass is 32.2. The fourth-order valence-corrected chi connectivity index (χ4v) is 2.68. The molecule has 0 radical (unpaired) electrons. The highest BCUT2D eigenvalue weighted by molar-refractivity contribution is 7.89. The molecule has 0 aliphatic carbocycles. The van der Waals surface area contributed by atoms with Gasteiger partial charge < -0.3 is 5.11 Å². The number of aliphatic hydroxyl groups is 1. The first-order valence-electron chi connectivity index (χ1n) is 5.76. The number of halogens is 1. The minimum Gasteiger partial charge on any atom is -0.392 e. The molecule has 1 aromatic heterocycles. The minimum absolute atomic E-state index is 0.0682. The summed E-state index contributed by atoms with van der Waals surface area (Å²) < 4.78 is 39.8. The molecule has 2 rings (SSSR count). The predicted molar refractivity (Wildman–Crippen MR) is 67.6 cm³/mol. The zero-order valence-electron chi connectivity index (χ0n) is 10.4. The Balaban J connectivity index is 2.06. The lowest BCUT2D eigenvalue weighted by Crippen LogP contribution is -2.27. The lowest BCUT2D eigenvalue weighted by atomic mass is 10.2. The molecule has 0 saturated carbocycles. The van der Waals surface area contributed by atoms with Gasteiger partial charge in [-0.25, -0.2) is 22.5 Å². The van der Waals surface area contributed by atoms with Gasteiger partial charge in [0.25, 0.3) is 0 Å². The molecule has 7 nitrogen and oxygen atoms in total. The van der Waals surface area contributed by atoms with Crippen LogP contribution in [0, 0.1) is 5.82 Å². The predicted octanol–water partition coefficient (Wildman–Crippen LogP) is -0.0429. The molecule has 0 atom stereocenters. The summed E-state index contributed by atoms with van der Waals surface area (Å²) in [6.07, 6.45) is 1.63. The third-order valence-electron chi connectivity index (χ3n) is 2.59. The summed E-state index contributed by atoms with van der Waals surface area (Å²) in [7, 11) is -3.94. The van der Waals surface area contributed by atoms with Gasteiger partial charge in [-0.05, 0) is 17.7 Å². The van der Waals surface area contributed by atoms with Crippen LogP contribution in [0.3, 0.4) is 0 Å². The number of aromatic nitrogens is 3. The molecular formula is C11H13FN4O3S. The van der Waals surface area contributed by atoms with Gasteiger partial charge in [-0.3, -0.25) is 5.10 Å². The average Bonchev–Trinajstić information content (AvgIpc) is 2.91. The Bertz CT molecular complexity index is 673. The third-order valence-corrected chi connectivity index (χ3v) is 4.08. The number of sulfonamides is 1. The van der Waals surface area contributed by atoms with Crippen LogP contribution in [0.4, 0.5) is 4.39 Å². The van der Waals surface area contributed by atoms with Crippen LogP contribution in [0.1, 0.15) is 11.4 Å². The molecule has 20 heavy (non-hydrogen) atoms. The van der Waals surface area contributed by atoms with Crippen molar-refractivity contribution in [2.75, 3.05) is 6.54 Å². The molecule has 0 amide bonds. The molecule has 0 aliphatic heterocycles. The second kappa shape index (κ2) is 6.07. The number of hydrogen-bond donors (Lipinski definition) is 3. The Morgan fingerprint density at radius 2 is 2.20 bits per heavy atom. The van der Waals surface area contributed by atoms with Crippen LogP contribution >= 0.6 is 0 Å². The van der Waals surface area contributed by atoms with Gasteiger partial charge in [0.1, 0.15) is 22.9 Å². The molecule has 1 heterocycles. The van der Waals surface area contributed by atoms with Gasteiger partial charge in [0.15, 0.2) is 0 Å². The normalized spacial score (nSPS) is 11.7. The van der Waals surface area contributed by atoms with Crippen LogP contribution in [0.5, 0.6) is 0 Å². The van der Waals surface area contributed by atoms with E-state index >= 15 is 0 Å². The van der Waals surface area contributed by atoms with E-state index < -0.39 is 20.7 Å². The lowest BCUT2D eigenvalue weighted by molar-refractivity contribution is 0.281. The van der Waals surface area contributed by atoms with Gasteiger partial charge in [0.05, 0.1) is 6.61 Å². The fourth-order valence-electron chi connectivity index (χ4n) is 1.59. The van der Waals surface area contributed by atoms with Crippen LogP contribution in [0.15, 0.2) is 29.4 Å². The molecule has 2 aromatic rings. The maximum Gasteiger partial charge on any atom is 0.243 e. The highest BCUT2D eigenvalue weighted by Gasteiger charge is 2.18. The van der Waals surface area contributed by atoms with E-state index in [4.69, 9.17) is 5.11 Å². The number of benzene rings is 1. The van der Waals surface area contributed by atoms with Crippen LogP contribution in [-0.4, -0.2) is 35.3 Å². The zero-order chi connectivity index (χ0) is 14.6. The van der Waals surface area contributed by atoms with Crippen molar-refractivity contribution < 1.29 is 17.9 Å². The zero-order valence-corrected chi connectivity index (χ0v) is 11.2. The monoisotopic (exact) mass is 300 g/mol. The Morgan fingerprint density at radius 3 is 2.80 bits per heavy atom. The molecule has 0 saturated heterocycles. The average molecular weight is 300 g/mol. The quantitative estimate of drug-likeness (QED) is 0.693. The van der Waals surface area contributed by atoms with Gasteiger partial charge in [-0.1, -0.05) is 6.07 Å². The first-order chi connectivity index (χ1) is 9.53. The van der Waals surface area contributed by atoms with Gasteiger partial charge in [-0.2, -0.15) is 5.10 Å². The van der Waals surface area contributed by atoms with E-state index in [1.54, 1.807) is 0 Å². The van der Waals surface area contributed by atoms with Gasteiger partial charge in [0.2, 0.25) is 10.0 Å². The first-order valence-corrected chi connectivity index (χ1v) is 7.24. The van der Waals surface area contributed by atoms with Gasteiger partial charge >= 0.3 is 0 Å². The maximum absolute atomic E-state index is 13.7. The minimum atomic E-state index is -3.94. The Labute approximate surface area is 114 Å². The van der Waals surface area contributed by atoms with Crippen LogP contribution < -0.4 is 4.72 Å². The number of hydrogen-bond acceptors (Lipinski definition) is 5. The van der Waals surface area contributed by atoms with E-state index in [0.717, 1.165) is 12.1 Å². The molecule has 108 valence electrons. The number of rotatable bonds is 6. The standard InChI is InChI=1S/C11H13FN4O3S/c12-9-5-8(6-17)1-2-10(9)20(18,19)15-4-3-11-13-7-14-16-11/h1-2,5,7,15,17H,3-4,6H2,(H,13,14,16). The second-order valence-electron chi connectivity index (χ2n) is 4.00. The summed E-state index contributed by atoms with van der Waals surface area (Å²) in [5, 5.41) is 15.1. The smallest absolute Gasteiger partial charge is 0.243 e. The fraction of sp³-hybridized carbons (Fsp3) is 0.273. The number of aromatic amines is 1. The Hall–Kier alpha value is -1.84. The van der Waals surface area contributed by atoms with Crippen molar-refractivity contribution in [3.8, 4) is 0 Å². The van der Waals surface area contributed by atoms with Crippen molar-refractivity contribution in [3.05, 3.63) is 41.7 Å². The van der Waals surface area contributed by atoms with Crippen molar-refractivity contribution >= 4 is 10.0 Å². The Kier molecular flexibility index (Phi) is 4.42. The van der Waals surface area contributed by atoms with Crippen LogP contribution in [0.25, 0.3) is 0 Å². The molecular weight excluding hydrogens is 287 g/mol. The Morgan fingerprint density at radius 1 is 1.40 bits per heavy atom. The molecule has 9 heteroatoms. The summed E-state index contributed by atoms with van der Waals surface area (Å²) in [5.41, 5.74) is 0.308. The van der Waals surface area contributed by atoms with E-state index in [2.05, 4.69) is 19.9 Å². The summed E-state index contributed by atoms with van der Waals surface area (Å²) >= 11 is 0. The molecule has 0 bridgehead atoms. The topological polar surface area (TPSA) is 108 Å². The summed E-state index contributed by atoms with van der Waals surface area (Å²) in [6.45, 7) is -0.283. The third kappa shape index (κ3) is 3.38. The van der Waals surface area contributed by atoms with Crippen molar-refractivity contribution in [3.63, 3.8) is 0 Å². The molecule has 1 aromatic carbocycles. The van der Waals surface area contributed by atoms with Crippen molar-refractivity contribution in [1.29, 1.82) is 0 Å². The van der Waals surface area contributed by atoms with Crippen LogP contribution in [0.2, 0.25) is 0 Å². The summed E-state index contributed by atoms with van der Waals surface area (Å²) in [5.74, 6) is -0.368. The molecule has 0 spiro atoms. The molecule has 3 N–H and O–H groups in total. The van der Waals surface area contributed by atoms with Gasteiger partial charge in [0, 0.05) is 13.0 Å². The highest BCUT2D eigenvalue weighted by Crippen LogP contribution is 2.15. The van der Waals surface area contributed by atoms with E-state index in [1.807, 2.05) is 0 Å². The van der Waals surface area contributed by atoms with Crippen molar-refractivity contribution in [2.24, 2.45) is 0 Å². The number of nitrogens with zero attached hydrogens (tertiary/aromatic N) is 2. The largest absolute Gasteiger partial charge is 0.392 e. The summed E-state index contributed by atoms with van der Waals surface area (Å²) in [4.78, 5) is 3.39. The van der Waals surface area contributed by atoms with E-state index in [0.29, 0.717) is 17.8 Å². The van der Waals surface area contributed by atoms with Crippen molar-refractivity contribution in [1.82, 2.24) is 19.9 Å². The van der Waals surface area contributed by atoms with Crippen molar-refractivity contribution in [2.45, 2.75) is 17.9 Å². The van der Waals surface area contributed by atoms with E-state index in [1.165, 1.54) is 12.4 Å².